The Morgan fingerprint density at radius 2 is 0.816 bits per heavy atom. The predicted octanol–water partition coefficient (Wildman–Crippen LogP) is 8.43. The lowest BCUT2D eigenvalue weighted by Crippen LogP contribution is -2.20. The first-order valence-corrected chi connectivity index (χ1v) is 14.7. The zero-order valence-electron chi connectivity index (χ0n) is 20.6. The lowest BCUT2D eigenvalue weighted by molar-refractivity contribution is 0.593. The molecule has 0 radical (unpaired) electrons. The second kappa shape index (κ2) is 8.02. The van der Waals surface area contributed by atoms with Crippen LogP contribution >= 0.6 is 7.14 Å². The van der Waals surface area contributed by atoms with Crippen LogP contribution in [0.3, 0.4) is 0 Å². The summed E-state index contributed by atoms with van der Waals surface area (Å²) in [5, 5.41) is 9.85. The molecule has 1 nitrogen and oxygen atoms in total. The van der Waals surface area contributed by atoms with Gasteiger partial charge in [0.25, 0.3) is 0 Å². The van der Waals surface area contributed by atoms with Crippen LogP contribution in [-0.4, -0.2) is 0 Å². The number of hydrogen-bond donors (Lipinski definition) is 0. The van der Waals surface area contributed by atoms with Gasteiger partial charge in [0.1, 0.15) is 0 Å². The van der Waals surface area contributed by atoms with Crippen LogP contribution in [-0.2, 0) is 4.57 Å². The molecule has 0 spiro atoms. The third-order valence-corrected chi connectivity index (χ3v) is 11.2. The average Bonchev–Trinajstić information content (AvgIpc) is 3.27. The first-order chi connectivity index (χ1) is 18.7. The molecule has 0 aliphatic carbocycles. The first kappa shape index (κ1) is 21.6. The maximum absolute atomic E-state index is 15.1. The van der Waals surface area contributed by atoms with Crippen LogP contribution in [0.15, 0.2) is 140 Å². The molecule has 0 saturated heterocycles. The lowest BCUT2D eigenvalue weighted by atomic mass is 9.87. The predicted molar refractivity (Wildman–Crippen MR) is 163 cm³/mol. The Kier molecular flexibility index (Phi) is 4.56. The van der Waals surface area contributed by atoms with Crippen molar-refractivity contribution in [3.8, 4) is 22.3 Å². The topological polar surface area (TPSA) is 17.1 Å². The Balaban J connectivity index is 1.57. The van der Waals surface area contributed by atoms with Gasteiger partial charge in [0.2, 0.25) is 0 Å². The van der Waals surface area contributed by atoms with Crippen molar-refractivity contribution in [3.63, 3.8) is 0 Å². The van der Waals surface area contributed by atoms with E-state index >= 15 is 4.57 Å². The third-order valence-electron chi connectivity index (χ3n) is 8.04. The molecule has 0 atom stereocenters. The zero-order valence-corrected chi connectivity index (χ0v) is 21.5. The van der Waals surface area contributed by atoms with Gasteiger partial charge in [-0.1, -0.05) is 127 Å². The fraction of sp³-hybridized carbons (Fsp3) is 0. The van der Waals surface area contributed by atoms with Crippen molar-refractivity contribution in [3.05, 3.63) is 140 Å². The van der Waals surface area contributed by atoms with Crippen molar-refractivity contribution < 1.29 is 4.57 Å². The molecule has 1 aliphatic rings. The Morgan fingerprint density at radius 1 is 0.395 bits per heavy atom. The molecule has 0 amide bonds. The summed E-state index contributed by atoms with van der Waals surface area (Å²) in [6.45, 7) is 0. The molecule has 2 heteroatoms. The van der Waals surface area contributed by atoms with Crippen LogP contribution in [0.25, 0.3) is 54.6 Å². The molecule has 1 heterocycles. The smallest absolute Gasteiger partial charge is 0.172 e. The van der Waals surface area contributed by atoms with E-state index < -0.39 is 7.14 Å². The number of fused-ring (bicyclic) bond motifs is 3. The highest BCUT2D eigenvalue weighted by Crippen LogP contribution is 2.54. The van der Waals surface area contributed by atoms with E-state index in [1.807, 2.05) is 30.3 Å². The maximum Gasteiger partial charge on any atom is 0.172 e. The molecule has 38 heavy (non-hydrogen) atoms. The minimum absolute atomic E-state index is 0.898. The summed E-state index contributed by atoms with van der Waals surface area (Å²) >= 11 is 0. The monoisotopic (exact) mass is 502 g/mol. The molecule has 1 aliphatic heterocycles. The number of rotatable bonds is 3. The van der Waals surface area contributed by atoms with Crippen molar-refractivity contribution in [2.45, 2.75) is 0 Å². The van der Waals surface area contributed by atoms with Crippen LogP contribution < -0.4 is 15.9 Å². The molecule has 0 unspecified atom stereocenters. The van der Waals surface area contributed by atoms with Crippen LogP contribution in [0.4, 0.5) is 0 Å². The summed E-state index contributed by atoms with van der Waals surface area (Å²) in [5.41, 5.74) is 4.79. The van der Waals surface area contributed by atoms with Crippen LogP contribution in [0.5, 0.6) is 0 Å². The highest BCUT2D eigenvalue weighted by Gasteiger charge is 2.39. The Morgan fingerprint density at radius 3 is 1.26 bits per heavy atom. The van der Waals surface area contributed by atoms with E-state index in [2.05, 4.69) is 109 Å². The van der Waals surface area contributed by atoms with Crippen LogP contribution in [0.2, 0.25) is 0 Å². The van der Waals surface area contributed by atoms with Crippen molar-refractivity contribution >= 4 is 55.4 Å². The SMILES string of the molecule is O=P1(c2ccccc2)c2cccc3c4cc(-c5ccccc5)c(-c5ccccc5)cc4c4cccc1c4c23. The molecule has 0 bridgehead atoms. The molecule has 0 N–H and O–H groups in total. The molecule has 8 rings (SSSR count). The summed E-state index contributed by atoms with van der Waals surface area (Å²) < 4.78 is 15.1. The summed E-state index contributed by atoms with van der Waals surface area (Å²) in [4.78, 5) is 0. The van der Waals surface area contributed by atoms with E-state index in [1.165, 1.54) is 43.8 Å². The lowest BCUT2D eigenvalue weighted by Gasteiger charge is -2.16. The van der Waals surface area contributed by atoms with Gasteiger partial charge < -0.3 is 4.57 Å². The van der Waals surface area contributed by atoms with E-state index in [9.17, 15) is 0 Å². The normalized spacial score (nSPS) is 13.6. The summed E-state index contributed by atoms with van der Waals surface area (Å²) in [6.07, 6.45) is 0. The second-order valence-corrected chi connectivity index (χ2v) is 12.7. The Bertz CT molecular complexity index is 1950. The molecule has 0 saturated carbocycles. The number of hydrogen-bond acceptors (Lipinski definition) is 1. The van der Waals surface area contributed by atoms with E-state index in [-0.39, 0.29) is 0 Å². The highest BCUT2D eigenvalue weighted by atomic mass is 31.2. The fourth-order valence-electron chi connectivity index (χ4n) is 6.38. The third kappa shape index (κ3) is 2.86. The molecule has 7 aromatic carbocycles. The van der Waals surface area contributed by atoms with E-state index in [0.717, 1.165) is 26.7 Å². The van der Waals surface area contributed by atoms with E-state index in [0.29, 0.717) is 0 Å². The maximum atomic E-state index is 15.1. The van der Waals surface area contributed by atoms with E-state index in [4.69, 9.17) is 0 Å². The van der Waals surface area contributed by atoms with Gasteiger partial charge >= 0.3 is 0 Å². The zero-order chi connectivity index (χ0) is 25.3. The van der Waals surface area contributed by atoms with Gasteiger partial charge in [-0.05, 0) is 55.9 Å². The quantitative estimate of drug-likeness (QED) is 0.175. The Labute approximate surface area is 221 Å². The largest absolute Gasteiger partial charge is 0.309 e. The van der Waals surface area contributed by atoms with Crippen molar-refractivity contribution in [1.82, 2.24) is 0 Å². The van der Waals surface area contributed by atoms with Gasteiger partial charge in [0.05, 0.1) is 0 Å². The summed E-state index contributed by atoms with van der Waals surface area (Å²) in [7, 11) is -2.98. The van der Waals surface area contributed by atoms with Crippen molar-refractivity contribution in [1.29, 1.82) is 0 Å². The van der Waals surface area contributed by atoms with Gasteiger partial charge in [-0.2, -0.15) is 0 Å². The van der Waals surface area contributed by atoms with E-state index in [1.54, 1.807) is 0 Å². The molecular weight excluding hydrogens is 479 g/mol. The van der Waals surface area contributed by atoms with Gasteiger partial charge in [-0.3, -0.25) is 0 Å². The summed E-state index contributed by atoms with van der Waals surface area (Å²) in [5.74, 6) is 0. The number of benzene rings is 7. The first-order valence-electron chi connectivity index (χ1n) is 13.0. The van der Waals surface area contributed by atoms with Crippen molar-refractivity contribution in [2.24, 2.45) is 0 Å². The summed E-state index contributed by atoms with van der Waals surface area (Å²) in [6, 6.07) is 48.7. The molecule has 178 valence electrons. The van der Waals surface area contributed by atoms with Gasteiger partial charge in [-0.15, -0.1) is 0 Å². The van der Waals surface area contributed by atoms with Crippen LogP contribution in [0.1, 0.15) is 0 Å². The molecule has 0 fully saturated rings. The minimum Gasteiger partial charge on any atom is -0.309 e. The molecular formula is C36H23OP. The Hall–Kier alpha value is -4.45. The van der Waals surface area contributed by atoms with Gasteiger partial charge in [-0.25, -0.2) is 0 Å². The average molecular weight is 503 g/mol. The van der Waals surface area contributed by atoms with Gasteiger partial charge in [0.15, 0.2) is 7.14 Å². The standard InChI is InChI=1S/C36H23OP/c37-38(26-16-8-3-9-17-26)33-20-10-18-27-31-22-29(24-12-4-1-5-13-24)30(25-14-6-2-7-15-25)23-32(31)28-19-11-21-34(38)36(28)35(27)33/h1-23H. The second-order valence-electron chi connectivity index (χ2n) is 10.0. The molecule has 0 aromatic heterocycles. The highest BCUT2D eigenvalue weighted by molar-refractivity contribution is 7.86. The molecule has 7 aromatic rings. The van der Waals surface area contributed by atoms with Gasteiger partial charge in [0, 0.05) is 26.7 Å². The fourth-order valence-corrected chi connectivity index (χ4v) is 9.48. The van der Waals surface area contributed by atoms with Crippen LogP contribution in [0, 0.1) is 0 Å². The van der Waals surface area contributed by atoms with Crippen molar-refractivity contribution in [2.75, 3.05) is 0 Å². The minimum atomic E-state index is -2.98.